The number of benzene rings is 2. The Kier molecular flexibility index (Phi) is 5.12. The quantitative estimate of drug-likeness (QED) is 0.840. The van der Waals surface area contributed by atoms with Gasteiger partial charge in [-0.3, -0.25) is 4.79 Å². The van der Waals surface area contributed by atoms with Gasteiger partial charge in [-0.15, -0.1) is 0 Å². The Morgan fingerprint density at radius 1 is 1.00 bits per heavy atom. The Morgan fingerprint density at radius 2 is 1.64 bits per heavy atom. The molecule has 0 unspecified atom stereocenters. The first kappa shape index (κ1) is 17.5. The molecule has 0 radical (unpaired) electrons. The van der Waals surface area contributed by atoms with Crippen LogP contribution in [0.15, 0.2) is 42.5 Å². The second kappa shape index (κ2) is 7.30. The molecule has 0 bridgehead atoms. The fourth-order valence-corrected chi connectivity index (χ4v) is 3.42. The van der Waals surface area contributed by atoms with E-state index < -0.39 is 0 Å². The average molecular weight is 337 g/mol. The molecular formula is C22H27NO2. The van der Waals surface area contributed by atoms with E-state index in [2.05, 4.69) is 51.2 Å². The SMILES string of the molecule is CC(C)c1cccc(C(C)C)c1NC(=O)[C@@H]1COc2ccccc2C1. The fourth-order valence-electron chi connectivity index (χ4n) is 3.42. The van der Waals surface area contributed by atoms with Crippen molar-refractivity contribution >= 4 is 11.6 Å². The third-order valence-corrected chi connectivity index (χ3v) is 4.87. The summed E-state index contributed by atoms with van der Waals surface area (Å²) in [5, 5.41) is 3.22. The number of rotatable bonds is 4. The van der Waals surface area contributed by atoms with E-state index in [1.54, 1.807) is 0 Å². The summed E-state index contributed by atoms with van der Waals surface area (Å²) >= 11 is 0. The maximum Gasteiger partial charge on any atom is 0.231 e. The number of nitrogens with one attached hydrogen (secondary N) is 1. The van der Waals surface area contributed by atoms with Crippen LogP contribution in [0.2, 0.25) is 0 Å². The predicted octanol–water partition coefficient (Wildman–Crippen LogP) is 5.12. The molecular weight excluding hydrogens is 310 g/mol. The maximum atomic E-state index is 12.9. The van der Waals surface area contributed by atoms with Crippen molar-refractivity contribution in [2.24, 2.45) is 5.92 Å². The zero-order chi connectivity index (χ0) is 18.0. The molecule has 3 heteroatoms. The number of hydrogen-bond donors (Lipinski definition) is 1. The van der Waals surface area contributed by atoms with Gasteiger partial charge in [-0.05, 0) is 41.0 Å². The first-order valence-electron chi connectivity index (χ1n) is 9.11. The highest BCUT2D eigenvalue weighted by atomic mass is 16.5. The van der Waals surface area contributed by atoms with Gasteiger partial charge in [0.1, 0.15) is 12.4 Å². The van der Waals surface area contributed by atoms with Gasteiger partial charge < -0.3 is 10.1 Å². The summed E-state index contributed by atoms with van der Waals surface area (Å²) in [6.07, 6.45) is 0.725. The van der Waals surface area contributed by atoms with Gasteiger partial charge in [0.15, 0.2) is 0 Å². The van der Waals surface area contributed by atoms with Crippen LogP contribution < -0.4 is 10.1 Å². The van der Waals surface area contributed by atoms with E-state index in [1.165, 1.54) is 11.1 Å². The van der Waals surface area contributed by atoms with Crippen LogP contribution in [0.3, 0.4) is 0 Å². The molecule has 1 atom stereocenters. The molecule has 25 heavy (non-hydrogen) atoms. The highest BCUT2D eigenvalue weighted by molar-refractivity contribution is 5.94. The number of amides is 1. The third kappa shape index (κ3) is 3.71. The number of anilines is 1. The number of ether oxygens (including phenoxy) is 1. The second-order valence-electron chi connectivity index (χ2n) is 7.43. The molecule has 2 aromatic carbocycles. The minimum absolute atomic E-state index is 0.0458. The molecule has 3 nitrogen and oxygen atoms in total. The lowest BCUT2D eigenvalue weighted by molar-refractivity contribution is -0.121. The van der Waals surface area contributed by atoms with Crippen LogP contribution in [-0.4, -0.2) is 12.5 Å². The third-order valence-electron chi connectivity index (χ3n) is 4.87. The molecule has 0 aromatic heterocycles. The van der Waals surface area contributed by atoms with Crippen molar-refractivity contribution in [3.8, 4) is 5.75 Å². The van der Waals surface area contributed by atoms with Gasteiger partial charge in [-0.25, -0.2) is 0 Å². The fraction of sp³-hybridized carbons (Fsp3) is 0.409. The van der Waals surface area contributed by atoms with Crippen LogP contribution in [0.25, 0.3) is 0 Å². The lowest BCUT2D eigenvalue weighted by Gasteiger charge is -2.26. The number of carbonyl (C=O) groups is 1. The molecule has 1 aliphatic rings. The van der Waals surface area contributed by atoms with Crippen LogP contribution in [-0.2, 0) is 11.2 Å². The Labute approximate surface area is 150 Å². The molecule has 2 aromatic rings. The molecule has 1 N–H and O–H groups in total. The smallest absolute Gasteiger partial charge is 0.231 e. The van der Waals surface area contributed by atoms with Gasteiger partial charge >= 0.3 is 0 Å². The van der Waals surface area contributed by atoms with E-state index in [9.17, 15) is 4.79 Å². The van der Waals surface area contributed by atoms with Crippen molar-refractivity contribution in [1.82, 2.24) is 0 Å². The van der Waals surface area contributed by atoms with Crippen LogP contribution >= 0.6 is 0 Å². The van der Waals surface area contributed by atoms with E-state index in [1.807, 2.05) is 24.3 Å². The van der Waals surface area contributed by atoms with Crippen molar-refractivity contribution in [3.05, 3.63) is 59.2 Å². The number of fused-ring (bicyclic) bond motifs is 1. The minimum atomic E-state index is -0.157. The summed E-state index contributed by atoms with van der Waals surface area (Å²) in [6, 6.07) is 14.3. The molecule has 1 amide bonds. The monoisotopic (exact) mass is 337 g/mol. The molecule has 0 fully saturated rings. The number of para-hydroxylation sites is 2. The van der Waals surface area contributed by atoms with Gasteiger partial charge in [0, 0.05) is 5.69 Å². The van der Waals surface area contributed by atoms with Crippen LogP contribution in [0, 0.1) is 5.92 Å². The Morgan fingerprint density at radius 3 is 2.28 bits per heavy atom. The van der Waals surface area contributed by atoms with Gasteiger partial charge in [-0.2, -0.15) is 0 Å². The van der Waals surface area contributed by atoms with Gasteiger partial charge in [-0.1, -0.05) is 64.1 Å². The normalized spacial score (nSPS) is 16.5. The van der Waals surface area contributed by atoms with E-state index in [0.717, 1.165) is 23.4 Å². The molecule has 0 aliphatic carbocycles. The van der Waals surface area contributed by atoms with E-state index in [-0.39, 0.29) is 11.8 Å². The zero-order valence-corrected chi connectivity index (χ0v) is 15.5. The zero-order valence-electron chi connectivity index (χ0n) is 15.5. The summed E-state index contributed by atoms with van der Waals surface area (Å²) < 4.78 is 5.79. The van der Waals surface area contributed by atoms with Gasteiger partial charge in [0.25, 0.3) is 0 Å². The molecule has 1 aliphatic heterocycles. The number of carbonyl (C=O) groups excluding carboxylic acids is 1. The topological polar surface area (TPSA) is 38.3 Å². The van der Waals surface area contributed by atoms with E-state index >= 15 is 0 Å². The summed E-state index contributed by atoms with van der Waals surface area (Å²) in [6.45, 7) is 9.08. The van der Waals surface area contributed by atoms with Crippen molar-refractivity contribution < 1.29 is 9.53 Å². The highest BCUT2D eigenvalue weighted by Gasteiger charge is 2.27. The molecule has 1 heterocycles. The Balaban J connectivity index is 1.84. The standard InChI is InChI=1S/C22H27NO2/c1-14(2)18-9-7-10-19(15(3)4)21(18)23-22(24)17-12-16-8-5-6-11-20(16)25-13-17/h5-11,14-15,17H,12-13H2,1-4H3,(H,23,24)/t17-/m0/s1. The van der Waals surface area contributed by atoms with Crippen molar-refractivity contribution in [1.29, 1.82) is 0 Å². The van der Waals surface area contributed by atoms with Crippen LogP contribution in [0.5, 0.6) is 5.75 Å². The highest BCUT2D eigenvalue weighted by Crippen LogP contribution is 2.33. The summed E-state index contributed by atoms with van der Waals surface area (Å²) in [5.74, 6) is 1.51. The molecule has 0 saturated carbocycles. The second-order valence-corrected chi connectivity index (χ2v) is 7.43. The predicted molar refractivity (Wildman–Crippen MR) is 102 cm³/mol. The molecule has 0 saturated heterocycles. The lowest BCUT2D eigenvalue weighted by atomic mass is 9.91. The number of hydrogen-bond acceptors (Lipinski definition) is 2. The van der Waals surface area contributed by atoms with E-state index in [4.69, 9.17) is 4.74 Å². The van der Waals surface area contributed by atoms with E-state index in [0.29, 0.717) is 18.4 Å². The molecule has 132 valence electrons. The van der Waals surface area contributed by atoms with Crippen molar-refractivity contribution in [2.45, 2.75) is 46.0 Å². The first-order chi connectivity index (χ1) is 12.0. The maximum absolute atomic E-state index is 12.9. The lowest BCUT2D eigenvalue weighted by Crippen LogP contribution is -2.33. The Hall–Kier alpha value is -2.29. The summed E-state index contributed by atoms with van der Waals surface area (Å²) in [4.78, 5) is 12.9. The van der Waals surface area contributed by atoms with Gasteiger partial charge in [0.05, 0.1) is 5.92 Å². The van der Waals surface area contributed by atoms with Crippen molar-refractivity contribution in [3.63, 3.8) is 0 Å². The van der Waals surface area contributed by atoms with Gasteiger partial charge in [0.2, 0.25) is 5.91 Å². The summed E-state index contributed by atoms with van der Waals surface area (Å²) in [5.41, 5.74) is 4.47. The molecule has 0 spiro atoms. The largest absolute Gasteiger partial charge is 0.492 e. The minimum Gasteiger partial charge on any atom is -0.492 e. The van der Waals surface area contributed by atoms with Crippen molar-refractivity contribution in [2.75, 3.05) is 11.9 Å². The summed E-state index contributed by atoms with van der Waals surface area (Å²) in [7, 11) is 0. The van der Waals surface area contributed by atoms with Crippen LogP contribution in [0.1, 0.15) is 56.2 Å². The first-order valence-corrected chi connectivity index (χ1v) is 9.11. The average Bonchev–Trinajstić information content (AvgIpc) is 2.61. The Bertz CT molecular complexity index is 738. The van der Waals surface area contributed by atoms with Crippen LogP contribution in [0.4, 0.5) is 5.69 Å². The molecule has 3 rings (SSSR count).